The Balaban J connectivity index is 2.13. The van der Waals surface area contributed by atoms with Crippen LogP contribution in [0.25, 0.3) is 0 Å². The highest BCUT2D eigenvalue weighted by Gasteiger charge is 2.11. The molecule has 3 aromatic rings. The van der Waals surface area contributed by atoms with E-state index in [-0.39, 0.29) is 0 Å². The van der Waals surface area contributed by atoms with E-state index in [9.17, 15) is 4.21 Å². The molecule has 0 spiro atoms. The molecule has 3 aromatic carbocycles. The Morgan fingerprint density at radius 1 is 0.846 bits per heavy atom. The zero-order valence-electron chi connectivity index (χ0n) is 15.2. The van der Waals surface area contributed by atoms with Gasteiger partial charge in [-0.2, -0.15) is 0 Å². The van der Waals surface area contributed by atoms with Gasteiger partial charge in [-0.3, -0.25) is 0 Å². The van der Waals surface area contributed by atoms with Crippen LogP contribution in [0.2, 0.25) is 0 Å². The molecule has 1 unspecified atom stereocenters. The molecule has 1 atom stereocenters. The van der Waals surface area contributed by atoms with Crippen molar-refractivity contribution in [3.8, 4) is 0 Å². The maximum absolute atomic E-state index is 12.5. The molecule has 0 aliphatic rings. The van der Waals surface area contributed by atoms with E-state index in [1.165, 1.54) is 0 Å². The second-order valence-electron chi connectivity index (χ2n) is 6.26. The van der Waals surface area contributed by atoms with Crippen LogP contribution in [-0.2, 0) is 11.0 Å². The summed E-state index contributed by atoms with van der Waals surface area (Å²) in [6, 6.07) is 26.1. The van der Waals surface area contributed by atoms with Gasteiger partial charge >= 0.3 is 0 Å². The molecule has 0 aliphatic carbocycles. The Morgan fingerprint density at radius 3 is 1.88 bits per heavy atom. The van der Waals surface area contributed by atoms with Gasteiger partial charge in [-0.05, 0) is 44.8 Å². The largest absolute Gasteiger partial charge is 0.248 e. The van der Waals surface area contributed by atoms with Crippen molar-refractivity contribution in [3.05, 3.63) is 95.6 Å². The summed E-state index contributed by atoms with van der Waals surface area (Å²) >= 11 is 0. The van der Waals surface area contributed by atoms with Gasteiger partial charge < -0.3 is 0 Å². The zero-order valence-corrected chi connectivity index (χ0v) is 16.0. The third-order valence-corrected chi connectivity index (χ3v) is 5.21. The average Bonchev–Trinajstić information content (AvgIpc) is 2.66. The van der Waals surface area contributed by atoms with Crippen molar-refractivity contribution >= 4 is 22.4 Å². The first-order chi connectivity index (χ1) is 12.5. The molecule has 0 radical (unpaired) electrons. The van der Waals surface area contributed by atoms with E-state index in [0.29, 0.717) is 0 Å². The van der Waals surface area contributed by atoms with Crippen molar-refractivity contribution in [3.63, 3.8) is 0 Å². The highest BCUT2D eigenvalue weighted by atomic mass is 32.2. The van der Waals surface area contributed by atoms with E-state index in [1.54, 1.807) is 18.4 Å². The summed E-state index contributed by atoms with van der Waals surface area (Å²) in [7, 11) is 2.42. The Morgan fingerprint density at radius 2 is 1.38 bits per heavy atom. The standard InChI is InChI=1S/C22H22N2OS/c1-17-14-20(16-21(15-17)26(25)24(2)3)23-22(18-10-6-4-7-11-18)19-12-8-5-9-13-19/h4-16H,1-3H3. The molecule has 0 saturated carbocycles. The number of benzene rings is 3. The van der Waals surface area contributed by atoms with E-state index >= 15 is 0 Å². The van der Waals surface area contributed by atoms with E-state index in [4.69, 9.17) is 4.99 Å². The lowest BCUT2D eigenvalue weighted by Crippen LogP contribution is -2.15. The van der Waals surface area contributed by atoms with Gasteiger partial charge in [0.1, 0.15) is 11.0 Å². The first-order valence-corrected chi connectivity index (χ1v) is 9.56. The summed E-state index contributed by atoms with van der Waals surface area (Å²) in [5, 5.41) is 0. The summed E-state index contributed by atoms with van der Waals surface area (Å²) in [6.07, 6.45) is 0. The second-order valence-corrected chi connectivity index (χ2v) is 7.96. The molecule has 4 heteroatoms. The van der Waals surface area contributed by atoms with Crippen LogP contribution in [0.5, 0.6) is 0 Å². The van der Waals surface area contributed by atoms with Crippen molar-refractivity contribution < 1.29 is 4.21 Å². The van der Waals surface area contributed by atoms with Crippen LogP contribution in [0.15, 0.2) is 88.8 Å². The lowest BCUT2D eigenvalue weighted by atomic mass is 10.0. The minimum Gasteiger partial charge on any atom is -0.248 e. The third-order valence-electron chi connectivity index (χ3n) is 3.90. The summed E-state index contributed by atoms with van der Waals surface area (Å²) in [5.74, 6) is 0. The Hall–Kier alpha value is -2.56. The lowest BCUT2D eigenvalue weighted by molar-refractivity contribution is 0.602. The summed E-state index contributed by atoms with van der Waals surface area (Å²) in [5.41, 5.74) is 4.85. The summed E-state index contributed by atoms with van der Waals surface area (Å²) in [4.78, 5) is 5.68. The van der Waals surface area contributed by atoms with Gasteiger partial charge in [0.25, 0.3) is 0 Å². The molecule has 132 valence electrons. The zero-order chi connectivity index (χ0) is 18.5. The second kappa shape index (κ2) is 8.21. The quantitative estimate of drug-likeness (QED) is 0.603. The van der Waals surface area contributed by atoms with Gasteiger partial charge in [-0.15, -0.1) is 0 Å². The van der Waals surface area contributed by atoms with E-state index in [2.05, 4.69) is 24.3 Å². The fourth-order valence-corrected chi connectivity index (χ4v) is 3.65. The maximum Gasteiger partial charge on any atom is 0.127 e. The number of aliphatic imine (C=N–C) groups is 1. The molecule has 0 aliphatic heterocycles. The van der Waals surface area contributed by atoms with Gasteiger partial charge in [0.05, 0.1) is 16.3 Å². The fraction of sp³-hybridized carbons (Fsp3) is 0.136. The summed E-state index contributed by atoms with van der Waals surface area (Å²) < 4.78 is 14.2. The maximum atomic E-state index is 12.5. The minimum absolute atomic E-state index is 0.759. The van der Waals surface area contributed by atoms with Gasteiger partial charge in [-0.1, -0.05) is 60.7 Å². The topological polar surface area (TPSA) is 32.7 Å². The first kappa shape index (κ1) is 18.2. The first-order valence-electron chi connectivity index (χ1n) is 8.45. The number of hydrogen-bond acceptors (Lipinski definition) is 2. The van der Waals surface area contributed by atoms with Crippen LogP contribution in [0.3, 0.4) is 0 Å². The SMILES string of the molecule is Cc1cc(N=C(c2ccccc2)c2ccccc2)cc(S(=O)N(C)C)c1. The number of rotatable bonds is 5. The van der Waals surface area contributed by atoms with Gasteiger partial charge in [0, 0.05) is 11.1 Å². The molecule has 0 bridgehead atoms. The average molecular weight is 362 g/mol. The molecule has 26 heavy (non-hydrogen) atoms. The van der Waals surface area contributed by atoms with Crippen molar-refractivity contribution in [2.24, 2.45) is 4.99 Å². The van der Waals surface area contributed by atoms with E-state index < -0.39 is 11.0 Å². The van der Waals surface area contributed by atoms with Crippen molar-refractivity contribution in [2.75, 3.05) is 14.1 Å². The highest BCUT2D eigenvalue weighted by Crippen LogP contribution is 2.23. The minimum atomic E-state index is -1.20. The number of hydrogen-bond donors (Lipinski definition) is 0. The van der Waals surface area contributed by atoms with E-state index in [1.807, 2.05) is 61.5 Å². The molecule has 0 heterocycles. The third kappa shape index (κ3) is 4.34. The lowest BCUT2D eigenvalue weighted by Gasteiger charge is -2.12. The summed E-state index contributed by atoms with van der Waals surface area (Å²) in [6.45, 7) is 2.00. The molecular weight excluding hydrogens is 340 g/mol. The van der Waals surface area contributed by atoms with Crippen LogP contribution < -0.4 is 0 Å². The van der Waals surface area contributed by atoms with Crippen LogP contribution in [0, 0.1) is 6.92 Å². The predicted octanol–water partition coefficient (Wildman–Crippen LogP) is 4.75. The van der Waals surface area contributed by atoms with Crippen LogP contribution >= 0.6 is 0 Å². The van der Waals surface area contributed by atoms with E-state index in [0.717, 1.165) is 33.0 Å². The molecule has 3 nitrogen and oxygen atoms in total. The molecule has 0 saturated heterocycles. The normalized spacial score (nSPS) is 12.0. The predicted molar refractivity (Wildman–Crippen MR) is 109 cm³/mol. The Labute approximate surface area is 157 Å². The monoisotopic (exact) mass is 362 g/mol. The molecule has 0 amide bonds. The Kier molecular flexibility index (Phi) is 5.76. The number of aryl methyl sites for hydroxylation is 1. The van der Waals surface area contributed by atoms with Gasteiger partial charge in [-0.25, -0.2) is 13.5 Å². The smallest absolute Gasteiger partial charge is 0.127 e. The molecule has 3 rings (SSSR count). The fourth-order valence-electron chi connectivity index (χ4n) is 2.72. The molecule has 0 aromatic heterocycles. The molecule has 0 fully saturated rings. The number of nitrogens with zero attached hydrogens (tertiary/aromatic N) is 2. The Bertz CT molecular complexity index is 893. The van der Waals surface area contributed by atoms with Gasteiger partial charge in [0.2, 0.25) is 0 Å². The van der Waals surface area contributed by atoms with Gasteiger partial charge in [0.15, 0.2) is 0 Å². The molecule has 0 N–H and O–H groups in total. The van der Waals surface area contributed by atoms with Crippen molar-refractivity contribution in [2.45, 2.75) is 11.8 Å². The molecular formula is C22H22N2OS. The highest BCUT2D eigenvalue weighted by molar-refractivity contribution is 7.82. The van der Waals surface area contributed by atoms with Crippen molar-refractivity contribution in [1.82, 2.24) is 4.31 Å². The van der Waals surface area contributed by atoms with Crippen molar-refractivity contribution in [1.29, 1.82) is 0 Å². The van der Waals surface area contributed by atoms with Crippen LogP contribution in [0.1, 0.15) is 16.7 Å². The van der Waals surface area contributed by atoms with Crippen LogP contribution in [0.4, 0.5) is 5.69 Å². The van der Waals surface area contributed by atoms with Crippen LogP contribution in [-0.4, -0.2) is 28.3 Å².